The monoisotopic (exact) mass is 287 g/mol. The highest BCUT2D eigenvalue weighted by Gasteiger charge is 2.25. The summed E-state index contributed by atoms with van der Waals surface area (Å²) in [5, 5.41) is 7.50. The number of rotatable bonds is 5. The highest BCUT2D eigenvalue weighted by Crippen LogP contribution is 2.28. The maximum absolute atomic E-state index is 5.82. The summed E-state index contributed by atoms with van der Waals surface area (Å²) in [6.07, 6.45) is 1.84. The van der Waals surface area contributed by atoms with Crippen LogP contribution >= 0.6 is 0 Å². The van der Waals surface area contributed by atoms with Crippen LogP contribution in [0, 0.1) is 0 Å². The van der Waals surface area contributed by atoms with E-state index in [1.54, 1.807) is 0 Å². The van der Waals surface area contributed by atoms with Crippen molar-refractivity contribution in [1.29, 1.82) is 0 Å². The molecule has 112 valence electrons. The number of nitrogens with one attached hydrogen (secondary N) is 1. The normalized spacial score (nSPS) is 17.8. The van der Waals surface area contributed by atoms with Gasteiger partial charge in [-0.25, -0.2) is 0 Å². The lowest BCUT2D eigenvalue weighted by Crippen LogP contribution is -2.26. The van der Waals surface area contributed by atoms with E-state index in [1.807, 2.05) is 37.3 Å². The lowest BCUT2D eigenvalue weighted by Gasteiger charge is -2.18. The van der Waals surface area contributed by atoms with Crippen molar-refractivity contribution in [2.75, 3.05) is 19.7 Å². The fourth-order valence-corrected chi connectivity index (χ4v) is 2.70. The highest BCUT2D eigenvalue weighted by molar-refractivity contribution is 5.22. The van der Waals surface area contributed by atoms with Gasteiger partial charge in [0.05, 0.1) is 0 Å². The molecular formula is C16H21N3O2. The van der Waals surface area contributed by atoms with Gasteiger partial charge in [0, 0.05) is 12.5 Å². The van der Waals surface area contributed by atoms with Crippen LogP contribution in [0.3, 0.4) is 0 Å². The van der Waals surface area contributed by atoms with Crippen LogP contribution < -0.4 is 5.32 Å². The molecule has 0 radical (unpaired) electrons. The third-order valence-electron chi connectivity index (χ3n) is 3.82. The van der Waals surface area contributed by atoms with Crippen LogP contribution in [0.25, 0.3) is 0 Å². The Bertz CT molecular complexity index is 550. The second kappa shape index (κ2) is 6.83. The smallest absolute Gasteiger partial charge is 0.229 e. The van der Waals surface area contributed by atoms with Gasteiger partial charge in [-0.2, -0.15) is 4.98 Å². The summed E-state index contributed by atoms with van der Waals surface area (Å²) in [5.41, 5.74) is 1.05. The fraction of sp³-hybridized carbons (Fsp3) is 0.500. The molecular weight excluding hydrogens is 266 g/mol. The molecule has 0 aliphatic carbocycles. The number of hydrogen-bond acceptors (Lipinski definition) is 5. The summed E-state index contributed by atoms with van der Waals surface area (Å²) >= 11 is 0. The van der Waals surface area contributed by atoms with Gasteiger partial charge in [-0.05, 0) is 38.4 Å². The zero-order valence-corrected chi connectivity index (χ0v) is 12.3. The topological polar surface area (TPSA) is 60.2 Å². The van der Waals surface area contributed by atoms with Crippen molar-refractivity contribution in [2.24, 2.45) is 0 Å². The molecule has 1 saturated heterocycles. The van der Waals surface area contributed by atoms with Crippen molar-refractivity contribution >= 4 is 0 Å². The number of nitrogens with zero attached hydrogens (tertiary/aromatic N) is 2. The molecule has 0 bridgehead atoms. The van der Waals surface area contributed by atoms with E-state index < -0.39 is 0 Å². The average molecular weight is 287 g/mol. The van der Waals surface area contributed by atoms with Gasteiger partial charge in [0.25, 0.3) is 0 Å². The summed E-state index contributed by atoms with van der Waals surface area (Å²) in [5.74, 6) is 1.73. The van der Waals surface area contributed by atoms with Crippen molar-refractivity contribution in [3.05, 3.63) is 47.6 Å². The van der Waals surface area contributed by atoms with E-state index >= 15 is 0 Å². The molecule has 0 saturated carbocycles. The van der Waals surface area contributed by atoms with Crippen LogP contribution in [0.5, 0.6) is 0 Å². The minimum atomic E-state index is -0.254. The Balaban J connectivity index is 1.81. The molecule has 1 fully saturated rings. The number of aromatic nitrogens is 2. The van der Waals surface area contributed by atoms with Gasteiger partial charge in [0.2, 0.25) is 11.7 Å². The van der Waals surface area contributed by atoms with E-state index in [1.165, 1.54) is 0 Å². The van der Waals surface area contributed by atoms with Gasteiger partial charge >= 0.3 is 0 Å². The molecule has 1 aromatic heterocycles. The van der Waals surface area contributed by atoms with Crippen LogP contribution in [-0.4, -0.2) is 29.8 Å². The number of hydrogen-bond donors (Lipinski definition) is 1. The first-order valence-electron chi connectivity index (χ1n) is 7.59. The first kappa shape index (κ1) is 14.2. The lowest BCUT2D eigenvalue weighted by atomic mass is 9.98. The molecule has 1 atom stereocenters. The Morgan fingerprint density at radius 3 is 2.76 bits per heavy atom. The largest absolute Gasteiger partial charge is 0.366 e. The highest BCUT2D eigenvalue weighted by atomic mass is 16.5. The molecule has 1 aliphatic heterocycles. The van der Waals surface area contributed by atoms with Gasteiger partial charge in [-0.1, -0.05) is 35.5 Å². The van der Waals surface area contributed by atoms with Crippen LogP contribution in [0.1, 0.15) is 49.1 Å². The van der Waals surface area contributed by atoms with E-state index in [2.05, 4.69) is 15.5 Å². The molecule has 5 nitrogen and oxygen atoms in total. The summed E-state index contributed by atoms with van der Waals surface area (Å²) in [6, 6.07) is 10.0. The Kier molecular flexibility index (Phi) is 4.62. The molecule has 1 N–H and O–H groups in total. The van der Waals surface area contributed by atoms with Gasteiger partial charge in [-0.3, -0.25) is 0 Å². The van der Waals surface area contributed by atoms with E-state index in [0.717, 1.165) is 37.4 Å². The quantitative estimate of drug-likeness (QED) is 0.916. The number of benzene rings is 1. The van der Waals surface area contributed by atoms with Gasteiger partial charge < -0.3 is 14.6 Å². The Labute approximate surface area is 124 Å². The van der Waals surface area contributed by atoms with Crippen LogP contribution in [0.15, 0.2) is 34.9 Å². The molecule has 1 unspecified atom stereocenters. The molecule has 3 rings (SSSR count). The number of ether oxygens (including phenoxy) is 1. The molecule has 5 heteroatoms. The molecule has 1 aromatic carbocycles. The standard InChI is InChI=1S/C16H21N3O2/c1-2-20-14(12-6-4-3-5-7-12)15-18-16(21-19-15)13-8-10-17-11-9-13/h3-7,13-14,17H,2,8-11H2,1H3. The second-order valence-electron chi connectivity index (χ2n) is 5.26. The van der Waals surface area contributed by atoms with E-state index in [9.17, 15) is 0 Å². The Hall–Kier alpha value is -1.72. The summed E-state index contributed by atoms with van der Waals surface area (Å²) in [7, 11) is 0. The zero-order valence-electron chi connectivity index (χ0n) is 12.3. The predicted octanol–water partition coefficient (Wildman–Crippen LogP) is 2.66. The van der Waals surface area contributed by atoms with Crippen molar-refractivity contribution in [3.8, 4) is 0 Å². The zero-order chi connectivity index (χ0) is 14.5. The average Bonchev–Trinajstić information content (AvgIpc) is 3.04. The maximum Gasteiger partial charge on any atom is 0.229 e. The SMILES string of the molecule is CCOC(c1ccccc1)c1noc(C2CCNCC2)n1. The third kappa shape index (κ3) is 3.31. The molecule has 21 heavy (non-hydrogen) atoms. The minimum absolute atomic E-state index is 0.254. The molecule has 1 aliphatic rings. The van der Waals surface area contributed by atoms with Crippen LogP contribution in [0.2, 0.25) is 0 Å². The van der Waals surface area contributed by atoms with Crippen LogP contribution in [-0.2, 0) is 4.74 Å². The molecule has 0 amide bonds. The van der Waals surface area contributed by atoms with E-state index in [0.29, 0.717) is 18.3 Å². The predicted molar refractivity (Wildman–Crippen MR) is 79.1 cm³/mol. The first-order chi connectivity index (χ1) is 10.4. The van der Waals surface area contributed by atoms with E-state index in [-0.39, 0.29) is 6.10 Å². The molecule has 0 spiro atoms. The van der Waals surface area contributed by atoms with E-state index in [4.69, 9.17) is 9.26 Å². The summed E-state index contributed by atoms with van der Waals surface area (Å²) in [6.45, 7) is 4.60. The molecule has 2 aromatic rings. The van der Waals surface area contributed by atoms with Gasteiger partial charge in [0.15, 0.2) is 0 Å². The minimum Gasteiger partial charge on any atom is -0.366 e. The van der Waals surface area contributed by atoms with Crippen molar-refractivity contribution in [2.45, 2.75) is 31.8 Å². The van der Waals surface area contributed by atoms with Crippen LogP contribution in [0.4, 0.5) is 0 Å². The Morgan fingerprint density at radius 1 is 1.29 bits per heavy atom. The summed E-state index contributed by atoms with van der Waals surface area (Å²) < 4.78 is 11.3. The van der Waals surface area contributed by atoms with Crippen molar-refractivity contribution < 1.29 is 9.26 Å². The van der Waals surface area contributed by atoms with Crippen molar-refractivity contribution in [1.82, 2.24) is 15.5 Å². The molecule has 2 heterocycles. The maximum atomic E-state index is 5.82. The Morgan fingerprint density at radius 2 is 2.05 bits per heavy atom. The van der Waals surface area contributed by atoms with Gasteiger partial charge in [-0.15, -0.1) is 0 Å². The number of piperidine rings is 1. The third-order valence-corrected chi connectivity index (χ3v) is 3.82. The fourth-order valence-electron chi connectivity index (χ4n) is 2.70. The van der Waals surface area contributed by atoms with Crippen molar-refractivity contribution in [3.63, 3.8) is 0 Å². The second-order valence-corrected chi connectivity index (χ2v) is 5.26. The van der Waals surface area contributed by atoms with Gasteiger partial charge in [0.1, 0.15) is 6.10 Å². The first-order valence-corrected chi connectivity index (χ1v) is 7.59. The summed E-state index contributed by atoms with van der Waals surface area (Å²) in [4.78, 5) is 4.60. The lowest BCUT2D eigenvalue weighted by molar-refractivity contribution is 0.0833.